The highest BCUT2D eigenvalue weighted by atomic mass is 19.1. The summed E-state index contributed by atoms with van der Waals surface area (Å²) in [6.07, 6.45) is 3.42. The topological polar surface area (TPSA) is 46.4 Å². The number of imidazole rings is 1. The average Bonchev–Trinajstić information content (AvgIpc) is 2.85. The molecule has 0 bridgehead atoms. The molecular weight excluding hydrogens is 281 g/mol. The molecule has 1 amide bonds. The van der Waals surface area contributed by atoms with Gasteiger partial charge in [-0.25, -0.2) is 9.37 Å². The van der Waals surface area contributed by atoms with Gasteiger partial charge in [0.1, 0.15) is 17.2 Å². The van der Waals surface area contributed by atoms with E-state index in [4.69, 9.17) is 0 Å². The van der Waals surface area contributed by atoms with Crippen molar-refractivity contribution in [3.05, 3.63) is 65.9 Å². The van der Waals surface area contributed by atoms with Gasteiger partial charge in [-0.1, -0.05) is 25.5 Å². The summed E-state index contributed by atoms with van der Waals surface area (Å²) < 4.78 is 15.0. The molecule has 1 N–H and O–H groups in total. The molecule has 112 valence electrons. The summed E-state index contributed by atoms with van der Waals surface area (Å²) in [6, 6.07) is 11.4. The molecule has 0 aliphatic heterocycles. The van der Waals surface area contributed by atoms with Crippen molar-refractivity contribution in [2.24, 2.45) is 0 Å². The van der Waals surface area contributed by atoms with Crippen LogP contribution >= 0.6 is 0 Å². The number of benzene rings is 1. The van der Waals surface area contributed by atoms with E-state index in [9.17, 15) is 9.18 Å². The number of nitrogens with one attached hydrogen (secondary N) is 1. The van der Waals surface area contributed by atoms with E-state index in [-0.39, 0.29) is 11.7 Å². The molecule has 0 unspecified atom stereocenters. The summed E-state index contributed by atoms with van der Waals surface area (Å²) in [7, 11) is 0. The van der Waals surface area contributed by atoms with Crippen molar-refractivity contribution in [2.75, 3.05) is 5.32 Å². The lowest BCUT2D eigenvalue weighted by Gasteiger charge is -2.07. The molecule has 3 aromatic rings. The van der Waals surface area contributed by atoms with Crippen molar-refractivity contribution in [1.29, 1.82) is 0 Å². The van der Waals surface area contributed by atoms with Gasteiger partial charge in [-0.3, -0.25) is 9.20 Å². The monoisotopic (exact) mass is 297 g/mol. The zero-order valence-electron chi connectivity index (χ0n) is 12.2. The van der Waals surface area contributed by atoms with E-state index in [2.05, 4.69) is 10.3 Å². The molecule has 4 nitrogen and oxygen atoms in total. The molecule has 0 aliphatic rings. The minimum Gasteiger partial charge on any atom is -0.321 e. The van der Waals surface area contributed by atoms with Crippen LogP contribution in [0.15, 0.2) is 48.7 Å². The molecule has 0 saturated heterocycles. The number of hydrogen-bond donors (Lipinski definition) is 1. The highest BCUT2D eigenvalue weighted by Crippen LogP contribution is 2.17. The fourth-order valence-corrected chi connectivity index (χ4v) is 2.45. The average molecular weight is 297 g/mol. The largest absolute Gasteiger partial charge is 0.321 e. The predicted octanol–water partition coefficient (Wildman–Crippen LogP) is 3.68. The van der Waals surface area contributed by atoms with Gasteiger partial charge in [0.2, 0.25) is 0 Å². The number of rotatable bonds is 4. The molecule has 0 aliphatic carbocycles. The summed E-state index contributed by atoms with van der Waals surface area (Å²) in [5, 5.41) is 2.74. The normalized spacial score (nSPS) is 10.8. The number of anilines is 1. The van der Waals surface area contributed by atoms with Gasteiger partial charge in [0.05, 0.1) is 5.69 Å². The van der Waals surface area contributed by atoms with Gasteiger partial charge in [0, 0.05) is 11.9 Å². The van der Waals surface area contributed by atoms with Gasteiger partial charge in [-0.15, -0.1) is 0 Å². The Labute approximate surface area is 127 Å². The Kier molecular flexibility index (Phi) is 3.87. The quantitative estimate of drug-likeness (QED) is 0.798. The highest BCUT2D eigenvalue weighted by Gasteiger charge is 2.18. The van der Waals surface area contributed by atoms with Crippen molar-refractivity contribution in [1.82, 2.24) is 9.38 Å². The molecule has 22 heavy (non-hydrogen) atoms. The van der Waals surface area contributed by atoms with Crippen LogP contribution in [-0.2, 0) is 6.42 Å². The first-order chi connectivity index (χ1) is 10.7. The Morgan fingerprint density at radius 2 is 2.14 bits per heavy atom. The Balaban J connectivity index is 2.00. The molecule has 0 radical (unpaired) electrons. The number of nitrogens with zero attached hydrogens (tertiary/aromatic N) is 2. The smallest absolute Gasteiger partial charge is 0.274 e. The number of fused-ring (bicyclic) bond motifs is 1. The first-order valence-electron chi connectivity index (χ1n) is 7.22. The van der Waals surface area contributed by atoms with Crippen LogP contribution in [0.4, 0.5) is 10.1 Å². The Morgan fingerprint density at radius 1 is 1.27 bits per heavy atom. The van der Waals surface area contributed by atoms with E-state index in [0.717, 1.165) is 17.8 Å². The van der Waals surface area contributed by atoms with E-state index in [1.807, 2.05) is 31.3 Å². The van der Waals surface area contributed by atoms with Crippen LogP contribution in [0.5, 0.6) is 0 Å². The molecular formula is C17H16FN3O. The lowest BCUT2D eigenvalue weighted by atomic mass is 10.2. The Bertz CT molecular complexity index is 826. The van der Waals surface area contributed by atoms with Crippen molar-refractivity contribution in [2.45, 2.75) is 19.8 Å². The van der Waals surface area contributed by atoms with E-state index >= 15 is 0 Å². The Hall–Kier alpha value is -2.69. The number of halogens is 1. The number of hydrogen-bond acceptors (Lipinski definition) is 2. The fourth-order valence-electron chi connectivity index (χ4n) is 2.45. The lowest BCUT2D eigenvalue weighted by molar-refractivity contribution is 0.102. The van der Waals surface area contributed by atoms with Gasteiger partial charge in [0.25, 0.3) is 5.91 Å². The molecule has 2 heterocycles. The van der Waals surface area contributed by atoms with Gasteiger partial charge >= 0.3 is 0 Å². The Morgan fingerprint density at radius 3 is 2.91 bits per heavy atom. The number of aromatic nitrogens is 2. The second-order valence-corrected chi connectivity index (χ2v) is 5.05. The van der Waals surface area contributed by atoms with Crippen molar-refractivity contribution < 1.29 is 9.18 Å². The molecule has 1 aromatic carbocycles. The second kappa shape index (κ2) is 5.97. The SMILES string of the molecule is CCCc1nc2ccccn2c1C(=O)Nc1cccc(F)c1. The van der Waals surface area contributed by atoms with Crippen LogP contribution in [0, 0.1) is 5.82 Å². The van der Waals surface area contributed by atoms with Crippen LogP contribution in [0.2, 0.25) is 0 Å². The zero-order valence-corrected chi connectivity index (χ0v) is 12.2. The van der Waals surface area contributed by atoms with Crippen molar-refractivity contribution in [3.63, 3.8) is 0 Å². The molecule has 0 fully saturated rings. The van der Waals surface area contributed by atoms with E-state index in [1.165, 1.54) is 12.1 Å². The van der Waals surface area contributed by atoms with Gasteiger partial charge in [-0.2, -0.15) is 0 Å². The zero-order chi connectivity index (χ0) is 15.5. The summed E-state index contributed by atoms with van der Waals surface area (Å²) >= 11 is 0. The summed E-state index contributed by atoms with van der Waals surface area (Å²) in [5.74, 6) is -0.669. The predicted molar refractivity (Wildman–Crippen MR) is 83.5 cm³/mol. The number of pyridine rings is 1. The minimum atomic E-state index is -0.385. The minimum absolute atomic E-state index is 0.284. The van der Waals surface area contributed by atoms with Gasteiger partial charge < -0.3 is 5.32 Å². The fraction of sp³-hybridized carbons (Fsp3) is 0.176. The van der Waals surface area contributed by atoms with Crippen LogP contribution < -0.4 is 5.32 Å². The number of carbonyl (C=O) groups is 1. The summed E-state index contributed by atoms with van der Waals surface area (Å²) in [4.78, 5) is 17.1. The lowest BCUT2D eigenvalue weighted by Crippen LogP contribution is -2.16. The standard InChI is InChI=1S/C17H16FN3O/c1-2-6-14-16(21-10-4-3-9-15(21)20-14)17(22)19-13-8-5-7-12(18)11-13/h3-5,7-11H,2,6H2,1H3,(H,19,22). The summed E-state index contributed by atoms with van der Waals surface area (Å²) in [6.45, 7) is 2.04. The van der Waals surface area contributed by atoms with Crippen LogP contribution in [0.3, 0.4) is 0 Å². The third-order valence-corrected chi connectivity index (χ3v) is 3.39. The summed E-state index contributed by atoms with van der Waals surface area (Å²) in [5.41, 5.74) is 2.41. The first-order valence-corrected chi connectivity index (χ1v) is 7.22. The maximum atomic E-state index is 13.2. The number of amides is 1. The number of aryl methyl sites for hydroxylation is 1. The van der Waals surface area contributed by atoms with Gasteiger partial charge in [-0.05, 0) is 36.8 Å². The van der Waals surface area contributed by atoms with Gasteiger partial charge in [0.15, 0.2) is 0 Å². The number of carbonyl (C=O) groups excluding carboxylic acids is 1. The van der Waals surface area contributed by atoms with E-state index < -0.39 is 0 Å². The molecule has 5 heteroatoms. The third-order valence-electron chi connectivity index (χ3n) is 3.39. The molecule has 0 atom stereocenters. The van der Waals surface area contributed by atoms with Crippen molar-refractivity contribution in [3.8, 4) is 0 Å². The van der Waals surface area contributed by atoms with Crippen LogP contribution in [0.25, 0.3) is 5.65 Å². The maximum Gasteiger partial charge on any atom is 0.274 e. The highest BCUT2D eigenvalue weighted by molar-refractivity contribution is 6.04. The van der Waals surface area contributed by atoms with Crippen LogP contribution in [0.1, 0.15) is 29.5 Å². The molecule has 2 aromatic heterocycles. The van der Waals surface area contributed by atoms with E-state index in [0.29, 0.717) is 17.8 Å². The maximum absolute atomic E-state index is 13.2. The van der Waals surface area contributed by atoms with Crippen molar-refractivity contribution >= 4 is 17.2 Å². The molecule has 0 spiro atoms. The molecule has 0 saturated carbocycles. The first kappa shape index (κ1) is 14.3. The second-order valence-electron chi connectivity index (χ2n) is 5.05. The molecule has 3 rings (SSSR count). The van der Waals surface area contributed by atoms with E-state index in [1.54, 1.807) is 16.5 Å². The third kappa shape index (κ3) is 2.70. The van der Waals surface area contributed by atoms with Crippen LogP contribution in [-0.4, -0.2) is 15.3 Å².